The summed E-state index contributed by atoms with van der Waals surface area (Å²) >= 11 is 12.2. The summed E-state index contributed by atoms with van der Waals surface area (Å²) < 4.78 is 1.64. The van der Waals surface area contributed by atoms with Gasteiger partial charge in [0.1, 0.15) is 0 Å². The molecule has 0 fully saturated rings. The predicted octanol–water partition coefficient (Wildman–Crippen LogP) is 3.09. The largest absolute Gasteiger partial charge is 0.348 e. The van der Waals surface area contributed by atoms with Gasteiger partial charge in [-0.1, -0.05) is 0 Å². The van der Waals surface area contributed by atoms with Crippen LogP contribution in [0, 0.1) is 0 Å². The molecule has 0 unspecified atom stereocenters. The Bertz CT molecular complexity index is 1050. The molecule has 3 aromatic rings. The van der Waals surface area contributed by atoms with Gasteiger partial charge in [0.2, 0.25) is 34.4 Å². The molecular weight excluding hydrogens is 503 g/mol. The first-order valence-corrected chi connectivity index (χ1v) is 12.2. The Morgan fingerprint density at radius 2 is 0.889 bits per heavy atom. The molecule has 4 N–H and O–H groups in total. The van der Waals surface area contributed by atoms with Crippen molar-refractivity contribution >= 4 is 58.4 Å². The van der Waals surface area contributed by atoms with Crippen LogP contribution in [0.5, 0.6) is 0 Å². The first kappa shape index (κ1) is 27.5. The van der Waals surface area contributed by atoms with Gasteiger partial charge in [-0.05, 0) is 47.5 Å². The van der Waals surface area contributed by atoms with E-state index in [4.69, 9.17) is 23.2 Å². The highest BCUT2D eigenvalue weighted by Gasteiger charge is 2.11. The third-order valence-corrected chi connectivity index (χ3v) is 5.08. The fourth-order valence-electron chi connectivity index (χ4n) is 2.87. The van der Waals surface area contributed by atoms with E-state index in [9.17, 15) is 0 Å². The fourth-order valence-corrected chi connectivity index (χ4v) is 3.19. The average molecular weight is 538 g/mol. The Kier molecular flexibility index (Phi) is 9.01. The summed E-state index contributed by atoms with van der Waals surface area (Å²) in [6.45, 7) is 3.22. The smallest absolute Gasteiger partial charge is 0.233 e. The minimum atomic E-state index is 0.108. The van der Waals surface area contributed by atoms with Crippen LogP contribution in [0.3, 0.4) is 0 Å². The molecule has 0 aliphatic heterocycles. The number of halogens is 2. The second-order valence-electron chi connectivity index (χ2n) is 10.2. The van der Waals surface area contributed by atoms with Crippen molar-refractivity contribution < 1.29 is 8.97 Å². The van der Waals surface area contributed by atoms with Gasteiger partial charge < -0.3 is 30.2 Å². The van der Waals surface area contributed by atoms with Gasteiger partial charge in [0.05, 0.1) is 68.5 Å². The normalized spacial score (nSPS) is 11.8. The Balaban J connectivity index is 1.61. The summed E-state index contributed by atoms with van der Waals surface area (Å²) in [5, 5.41) is 12.9. The number of quaternary nitrogens is 2. The lowest BCUT2D eigenvalue weighted by Crippen LogP contribution is -2.38. The van der Waals surface area contributed by atoms with Gasteiger partial charge in [0, 0.05) is 11.4 Å². The summed E-state index contributed by atoms with van der Waals surface area (Å²) in [5.41, 5.74) is 1.55. The first-order valence-electron chi connectivity index (χ1n) is 11.4. The highest BCUT2D eigenvalue weighted by molar-refractivity contribution is 6.28. The third kappa shape index (κ3) is 9.90. The van der Waals surface area contributed by atoms with Crippen LogP contribution < -0.4 is 21.3 Å². The molecule has 0 saturated carbocycles. The van der Waals surface area contributed by atoms with Crippen LogP contribution in [-0.2, 0) is 0 Å². The number of likely N-dealkylation sites (N-methyl/N-ethyl adjacent to an activating group) is 2. The molecule has 12 nitrogen and oxygen atoms in total. The van der Waals surface area contributed by atoms with Crippen LogP contribution in [0.15, 0.2) is 24.3 Å². The summed E-state index contributed by atoms with van der Waals surface area (Å²) in [7, 11) is 12.7. The minimum Gasteiger partial charge on any atom is -0.348 e. The molecular formula is C22H34Cl2N12+2. The Morgan fingerprint density at radius 1 is 0.556 bits per heavy atom. The van der Waals surface area contributed by atoms with Crippen LogP contribution in [0.2, 0.25) is 10.6 Å². The number of rotatable bonds is 12. The Labute approximate surface area is 221 Å². The molecule has 0 saturated heterocycles. The van der Waals surface area contributed by atoms with Gasteiger partial charge >= 0.3 is 0 Å². The van der Waals surface area contributed by atoms with E-state index in [1.807, 2.05) is 24.3 Å². The lowest BCUT2D eigenvalue weighted by Gasteiger charge is -2.23. The summed E-state index contributed by atoms with van der Waals surface area (Å²) in [5.74, 6) is 1.53. The number of aromatic nitrogens is 6. The maximum absolute atomic E-state index is 6.09. The van der Waals surface area contributed by atoms with Gasteiger partial charge in [0.15, 0.2) is 0 Å². The van der Waals surface area contributed by atoms with Crippen molar-refractivity contribution in [2.45, 2.75) is 0 Å². The Morgan fingerprint density at radius 3 is 1.22 bits per heavy atom. The van der Waals surface area contributed by atoms with Crippen molar-refractivity contribution in [1.82, 2.24) is 29.9 Å². The zero-order valence-corrected chi connectivity index (χ0v) is 23.0. The number of anilines is 6. The van der Waals surface area contributed by atoms with Crippen molar-refractivity contribution in [2.24, 2.45) is 0 Å². The van der Waals surface area contributed by atoms with Gasteiger partial charge in [-0.2, -0.15) is 29.9 Å². The number of benzene rings is 1. The van der Waals surface area contributed by atoms with Crippen LogP contribution in [0.25, 0.3) is 0 Å². The highest BCUT2D eigenvalue weighted by atomic mass is 35.5. The molecule has 0 amide bonds. The first-order chi connectivity index (χ1) is 16.8. The molecule has 1 aromatic carbocycles. The lowest BCUT2D eigenvalue weighted by molar-refractivity contribution is -0.868. The molecule has 14 heteroatoms. The van der Waals surface area contributed by atoms with E-state index < -0.39 is 0 Å². The molecule has 2 aromatic heterocycles. The van der Waals surface area contributed by atoms with Crippen molar-refractivity contribution in [3.8, 4) is 0 Å². The van der Waals surface area contributed by atoms with E-state index in [1.54, 1.807) is 0 Å². The average Bonchev–Trinajstić information content (AvgIpc) is 2.72. The second-order valence-corrected chi connectivity index (χ2v) is 10.9. The Hall–Kier alpha value is -3.06. The molecule has 2 heterocycles. The monoisotopic (exact) mass is 536 g/mol. The topological polar surface area (TPSA) is 125 Å². The minimum absolute atomic E-state index is 0.108. The van der Waals surface area contributed by atoms with E-state index in [1.165, 1.54) is 0 Å². The predicted molar refractivity (Wildman–Crippen MR) is 145 cm³/mol. The molecule has 36 heavy (non-hydrogen) atoms. The van der Waals surface area contributed by atoms with Crippen LogP contribution >= 0.6 is 23.2 Å². The van der Waals surface area contributed by atoms with Crippen LogP contribution in [0.4, 0.5) is 35.2 Å². The van der Waals surface area contributed by atoms with Gasteiger partial charge in [-0.3, -0.25) is 0 Å². The number of hydrogen-bond donors (Lipinski definition) is 4. The number of nitrogens with zero attached hydrogens (tertiary/aromatic N) is 8. The number of nitrogens with one attached hydrogen (secondary N) is 4. The van der Waals surface area contributed by atoms with Gasteiger partial charge in [-0.25, -0.2) is 0 Å². The second kappa shape index (κ2) is 11.8. The molecule has 3 rings (SSSR count). The number of hydrogen-bond acceptors (Lipinski definition) is 10. The maximum atomic E-state index is 6.09. The fraction of sp³-hybridized carbons (Fsp3) is 0.455. The maximum Gasteiger partial charge on any atom is 0.233 e. The molecule has 0 radical (unpaired) electrons. The van der Waals surface area contributed by atoms with Crippen molar-refractivity contribution in [2.75, 3.05) is 89.7 Å². The molecule has 194 valence electrons. The summed E-state index contributed by atoms with van der Waals surface area (Å²) in [6, 6.07) is 7.47. The van der Waals surface area contributed by atoms with E-state index in [0.717, 1.165) is 33.4 Å². The van der Waals surface area contributed by atoms with Gasteiger partial charge in [0.25, 0.3) is 0 Å². The van der Waals surface area contributed by atoms with E-state index in [2.05, 4.69) is 93.5 Å². The molecule has 0 atom stereocenters. The molecule has 0 aliphatic carbocycles. The van der Waals surface area contributed by atoms with Crippen molar-refractivity contribution in [1.29, 1.82) is 0 Å². The molecule has 0 aliphatic rings. The zero-order chi connectivity index (χ0) is 26.3. The molecule has 0 spiro atoms. The van der Waals surface area contributed by atoms with E-state index in [0.29, 0.717) is 36.9 Å². The highest BCUT2D eigenvalue weighted by Crippen LogP contribution is 2.21. The quantitative estimate of drug-likeness (QED) is 0.256. The molecule has 0 bridgehead atoms. The summed E-state index contributed by atoms with van der Waals surface area (Å²) in [6.07, 6.45) is 0. The lowest BCUT2D eigenvalue weighted by atomic mass is 10.3. The van der Waals surface area contributed by atoms with Crippen molar-refractivity contribution in [3.05, 3.63) is 34.8 Å². The van der Waals surface area contributed by atoms with Crippen LogP contribution in [-0.4, -0.2) is 107 Å². The SMILES string of the molecule is C[N+](C)(C)CCNc1nc(Cl)nc(Nc2ccc(Nc3nc(Cl)nc(NCC[N+](C)(C)C)n3)cc2)n1. The van der Waals surface area contributed by atoms with Crippen molar-refractivity contribution in [3.63, 3.8) is 0 Å². The third-order valence-electron chi connectivity index (χ3n) is 4.74. The standard InChI is InChI=1S/C22H34Cl2N12/c1-35(2,3)13-11-25-19-29-17(23)31-21(33-19)27-15-7-9-16(10-8-15)28-22-32-18(24)30-20(34-22)26-12-14-36(4,5)6/h7-10H,11-14H2,1-6H3,(H2,25,27,29,31,33)(H2,26,28,30,32,34)/q+2. The van der Waals surface area contributed by atoms with Crippen LogP contribution in [0.1, 0.15) is 0 Å². The van der Waals surface area contributed by atoms with E-state index >= 15 is 0 Å². The summed E-state index contributed by atoms with van der Waals surface area (Å²) in [4.78, 5) is 25.4. The van der Waals surface area contributed by atoms with Gasteiger partial charge in [-0.15, -0.1) is 0 Å². The van der Waals surface area contributed by atoms with E-state index in [-0.39, 0.29) is 10.6 Å². The zero-order valence-electron chi connectivity index (χ0n) is 21.5.